The van der Waals surface area contributed by atoms with Crippen molar-refractivity contribution in [3.8, 4) is 5.75 Å². The van der Waals surface area contributed by atoms with Gasteiger partial charge in [0.1, 0.15) is 11.6 Å². The molecule has 18 heavy (non-hydrogen) atoms. The van der Waals surface area contributed by atoms with Gasteiger partial charge in [-0.1, -0.05) is 6.92 Å². The number of nitrogens with zero attached hydrogens (tertiary/aromatic N) is 1. The first kappa shape index (κ1) is 13.0. The molecule has 0 aliphatic carbocycles. The summed E-state index contributed by atoms with van der Waals surface area (Å²) in [6, 6.07) is 7.95. The summed E-state index contributed by atoms with van der Waals surface area (Å²) in [5.41, 5.74) is 0. The van der Waals surface area contributed by atoms with E-state index in [0.717, 1.165) is 28.9 Å². The van der Waals surface area contributed by atoms with E-state index in [1.54, 1.807) is 13.3 Å². The molecule has 0 saturated heterocycles. The number of halogens is 1. The van der Waals surface area contributed by atoms with E-state index in [2.05, 4.69) is 17.2 Å². The Morgan fingerprint density at radius 1 is 1.39 bits per heavy atom. The number of rotatable bonds is 5. The third kappa shape index (κ3) is 2.85. The summed E-state index contributed by atoms with van der Waals surface area (Å²) in [5, 5.41) is 5.55. The maximum Gasteiger partial charge on any atom is 0.133 e. The average molecular weight is 265 g/mol. The van der Waals surface area contributed by atoms with Crippen LogP contribution in [0.1, 0.15) is 6.92 Å². The van der Waals surface area contributed by atoms with Gasteiger partial charge in [-0.15, -0.1) is 11.6 Å². The van der Waals surface area contributed by atoms with Crippen LogP contribution >= 0.6 is 11.6 Å². The Hall–Kier alpha value is -1.48. The summed E-state index contributed by atoms with van der Waals surface area (Å²) in [5.74, 6) is 2.81. The molecule has 4 heteroatoms. The van der Waals surface area contributed by atoms with Gasteiger partial charge in [0.2, 0.25) is 0 Å². The lowest BCUT2D eigenvalue weighted by Gasteiger charge is -2.12. The third-order valence-electron chi connectivity index (χ3n) is 2.85. The molecule has 0 aliphatic rings. The molecule has 0 amide bonds. The number of fused-ring (bicyclic) bond motifs is 1. The Morgan fingerprint density at radius 2 is 2.22 bits per heavy atom. The molecular weight excluding hydrogens is 248 g/mol. The zero-order valence-corrected chi connectivity index (χ0v) is 11.4. The van der Waals surface area contributed by atoms with Crippen LogP contribution in [-0.2, 0) is 0 Å². The average Bonchev–Trinajstić information content (AvgIpc) is 2.43. The van der Waals surface area contributed by atoms with Crippen molar-refractivity contribution >= 4 is 28.2 Å². The minimum Gasteiger partial charge on any atom is -0.497 e. The first-order valence-electron chi connectivity index (χ1n) is 5.97. The highest BCUT2D eigenvalue weighted by Gasteiger charge is 2.05. The van der Waals surface area contributed by atoms with E-state index in [-0.39, 0.29) is 0 Å². The number of anilines is 1. The Balaban J connectivity index is 2.28. The molecule has 1 unspecified atom stereocenters. The lowest BCUT2D eigenvalue weighted by atomic mass is 10.1. The molecule has 0 bridgehead atoms. The van der Waals surface area contributed by atoms with E-state index in [1.807, 2.05) is 24.3 Å². The molecule has 1 heterocycles. The zero-order chi connectivity index (χ0) is 13.0. The van der Waals surface area contributed by atoms with Gasteiger partial charge in [-0.05, 0) is 35.6 Å². The second-order valence-electron chi connectivity index (χ2n) is 4.39. The van der Waals surface area contributed by atoms with Crippen LogP contribution in [0.15, 0.2) is 30.5 Å². The second-order valence-corrected chi connectivity index (χ2v) is 4.70. The first-order valence-corrected chi connectivity index (χ1v) is 6.50. The molecule has 2 rings (SSSR count). The largest absolute Gasteiger partial charge is 0.497 e. The number of methoxy groups -OCH3 is 1. The standard InChI is InChI=1S/C14H17ClN2O/c1-10(8-15)9-17-14-13-4-3-12(18-2)7-11(13)5-6-16-14/h3-7,10H,8-9H2,1-2H3,(H,16,17). The van der Waals surface area contributed by atoms with E-state index in [1.165, 1.54) is 0 Å². The number of pyridine rings is 1. The maximum atomic E-state index is 5.80. The highest BCUT2D eigenvalue weighted by atomic mass is 35.5. The Bertz CT molecular complexity index is 530. The molecule has 96 valence electrons. The van der Waals surface area contributed by atoms with Crippen LogP contribution in [0, 0.1) is 5.92 Å². The van der Waals surface area contributed by atoms with Crippen LogP contribution in [0.25, 0.3) is 10.8 Å². The van der Waals surface area contributed by atoms with Crippen LogP contribution in [0.2, 0.25) is 0 Å². The lowest BCUT2D eigenvalue weighted by Crippen LogP contribution is -2.13. The summed E-state index contributed by atoms with van der Waals surface area (Å²) in [4.78, 5) is 4.37. The number of ether oxygens (including phenoxy) is 1. The number of alkyl halides is 1. The van der Waals surface area contributed by atoms with Crippen LogP contribution in [0.4, 0.5) is 5.82 Å². The number of aromatic nitrogens is 1. The Morgan fingerprint density at radius 3 is 2.94 bits per heavy atom. The molecule has 0 saturated carbocycles. The van der Waals surface area contributed by atoms with Crippen LogP contribution in [-0.4, -0.2) is 24.5 Å². The molecule has 2 aromatic rings. The molecule has 3 nitrogen and oxygen atoms in total. The summed E-state index contributed by atoms with van der Waals surface area (Å²) >= 11 is 5.80. The van der Waals surface area contributed by atoms with E-state index in [9.17, 15) is 0 Å². The summed E-state index contributed by atoms with van der Waals surface area (Å²) < 4.78 is 5.22. The maximum absolute atomic E-state index is 5.80. The van der Waals surface area contributed by atoms with Crippen molar-refractivity contribution in [1.82, 2.24) is 4.98 Å². The number of benzene rings is 1. The normalized spacial score (nSPS) is 12.4. The van der Waals surface area contributed by atoms with Gasteiger partial charge in [-0.3, -0.25) is 0 Å². The zero-order valence-electron chi connectivity index (χ0n) is 10.6. The topological polar surface area (TPSA) is 34.1 Å². The van der Waals surface area contributed by atoms with Gasteiger partial charge in [0, 0.05) is 24.0 Å². The molecule has 0 spiro atoms. The number of hydrogen-bond acceptors (Lipinski definition) is 3. The fraction of sp³-hybridized carbons (Fsp3) is 0.357. The van der Waals surface area contributed by atoms with Gasteiger partial charge < -0.3 is 10.1 Å². The van der Waals surface area contributed by atoms with Gasteiger partial charge in [0.05, 0.1) is 7.11 Å². The minimum absolute atomic E-state index is 0.418. The van der Waals surface area contributed by atoms with Crippen molar-refractivity contribution in [3.05, 3.63) is 30.5 Å². The first-order chi connectivity index (χ1) is 8.74. The van der Waals surface area contributed by atoms with Crippen molar-refractivity contribution in [3.63, 3.8) is 0 Å². The lowest BCUT2D eigenvalue weighted by molar-refractivity contribution is 0.415. The van der Waals surface area contributed by atoms with Gasteiger partial charge in [0.15, 0.2) is 0 Å². The Kier molecular flexibility index (Phi) is 4.26. The van der Waals surface area contributed by atoms with Gasteiger partial charge in [-0.2, -0.15) is 0 Å². The van der Waals surface area contributed by atoms with E-state index < -0.39 is 0 Å². The molecule has 1 N–H and O–H groups in total. The van der Waals surface area contributed by atoms with Gasteiger partial charge in [-0.25, -0.2) is 4.98 Å². The predicted octanol–water partition coefficient (Wildman–Crippen LogP) is 3.53. The summed E-state index contributed by atoms with van der Waals surface area (Å²) in [6.45, 7) is 2.93. The van der Waals surface area contributed by atoms with Crippen LogP contribution < -0.4 is 10.1 Å². The second kappa shape index (κ2) is 5.91. The van der Waals surface area contributed by atoms with Crippen molar-refractivity contribution in [2.45, 2.75) is 6.92 Å². The fourth-order valence-corrected chi connectivity index (χ4v) is 1.86. The number of nitrogens with one attached hydrogen (secondary N) is 1. The summed E-state index contributed by atoms with van der Waals surface area (Å²) in [7, 11) is 1.67. The molecule has 0 radical (unpaired) electrons. The highest BCUT2D eigenvalue weighted by Crippen LogP contribution is 2.25. The van der Waals surface area contributed by atoms with E-state index >= 15 is 0 Å². The molecule has 1 aromatic carbocycles. The predicted molar refractivity (Wildman–Crippen MR) is 76.7 cm³/mol. The molecule has 1 atom stereocenters. The minimum atomic E-state index is 0.418. The highest BCUT2D eigenvalue weighted by molar-refractivity contribution is 6.18. The van der Waals surface area contributed by atoms with Crippen molar-refractivity contribution in [2.75, 3.05) is 24.9 Å². The quantitative estimate of drug-likeness (QED) is 0.839. The van der Waals surface area contributed by atoms with Crippen molar-refractivity contribution < 1.29 is 4.74 Å². The molecule has 0 aliphatic heterocycles. The summed E-state index contributed by atoms with van der Waals surface area (Å²) in [6.07, 6.45) is 1.80. The van der Waals surface area contributed by atoms with Gasteiger partial charge >= 0.3 is 0 Å². The fourth-order valence-electron chi connectivity index (χ4n) is 1.75. The SMILES string of the molecule is COc1ccc2c(NCC(C)CCl)nccc2c1. The van der Waals surface area contributed by atoms with E-state index in [0.29, 0.717) is 11.8 Å². The van der Waals surface area contributed by atoms with Crippen LogP contribution in [0.3, 0.4) is 0 Å². The number of hydrogen-bond donors (Lipinski definition) is 1. The van der Waals surface area contributed by atoms with Crippen molar-refractivity contribution in [1.29, 1.82) is 0 Å². The van der Waals surface area contributed by atoms with Crippen LogP contribution in [0.5, 0.6) is 5.75 Å². The van der Waals surface area contributed by atoms with E-state index in [4.69, 9.17) is 16.3 Å². The van der Waals surface area contributed by atoms with Crippen molar-refractivity contribution in [2.24, 2.45) is 5.92 Å². The molecule has 0 fully saturated rings. The Labute approximate surface area is 112 Å². The smallest absolute Gasteiger partial charge is 0.133 e. The molecular formula is C14H17ClN2O. The third-order valence-corrected chi connectivity index (χ3v) is 3.38. The van der Waals surface area contributed by atoms with Gasteiger partial charge in [0.25, 0.3) is 0 Å². The monoisotopic (exact) mass is 264 g/mol. The molecule has 1 aromatic heterocycles.